The Bertz CT molecular complexity index is 874. The van der Waals surface area contributed by atoms with E-state index >= 15 is 0 Å². The van der Waals surface area contributed by atoms with Crippen LogP contribution < -0.4 is 4.90 Å². The fourth-order valence-corrected chi connectivity index (χ4v) is 3.45. The highest BCUT2D eigenvalue weighted by Crippen LogP contribution is 2.30. The number of aromatic nitrogens is 1. The molecular weight excluding hydrogens is 294 g/mol. The van der Waals surface area contributed by atoms with Crippen LogP contribution in [0.3, 0.4) is 0 Å². The van der Waals surface area contributed by atoms with E-state index in [1.165, 1.54) is 28.0 Å². The van der Waals surface area contributed by atoms with Crippen molar-refractivity contribution in [2.45, 2.75) is 38.8 Å². The molecule has 0 aliphatic carbocycles. The lowest BCUT2D eigenvalue weighted by Crippen LogP contribution is -2.29. The number of hydrogen-bond donors (Lipinski definition) is 1. The van der Waals surface area contributed by atoms with E-state index in [1.54, 1.807) is 0 Å². The van der Waals surface area contributed by atoms with Crippen LogP contribution in [-0.2, 0) is 6.54 Å². The third-order valence-corrected chi connectivity index (χ3v) is 4.77. The molecule has 0 bridgehead atoms. The quantitative estimate of drug-likeness (QED) is 0.712. The maximum absolute atomic E-state index is 4.99. The lowest BCUT2D eigenvalue weighted by Gasteiger charge is -2.25. The summed E-state index contributed by atoms with van der Waals surface area (Å²) >= 11 is 0. The minimum atomic E-state index is 0.0442. The Morgan fingerprint density at radius 3 is 2.54 bits per heavy atom. The number of hydrogen-bond acceptors (Lipinski definition) is 2. The van der Waals surface area contributed by atoms with E-state index in [2.05, 4.69) is 84.5 Å². The average molecular weight is 317 g/mol. The second kappa shape index (κ2) is 5.82. The molecule has 1 aliphatic heterocycles. The fraction of sp³-hybridized carbons (Fsp3) is 0.286. The van der Waals surface area contributed by atoms with E-state index in [0.29, 0.717) is 0 Å². The van der Waals surface area contributed by atoms with Crippen LogP contribution in [0.5, 0.6) is 0 Å². The van der Waals surface area contributed by atoms with Gasteiger partial charge in [-0.25, -0.2) is 0 Å². The Morgan fingerprint density at radius 1 is 1.04 bits per heavy atom. The molecule has 1 aromatic heterocycles. The summed E-state index contributed by atoms with van der Waals surface area (Å²) in [5, 5.41) is 1.29. The fourth-order valence-electron chi connectivity index (χ4n) is 3.45. The van der Waals surface area contributed by atoms with Crippen LogP contribution in [0, 0.1) is 0 Å². The first-order valence-corrected chi connectivity index (χ1v) is 8.59. The number of rotatable bonds is 3. The van der Waals surface area contributed by atoms with E-state index in [-0.39, 0.29) is 5.54 Å². The lowest BCUT2D eigenvalue weighted by molar-refractivity contribution is 0.522. The second-order valence-electron chi connectivity index (χ2n) is 7.12. The molecule has 0 saturated carbocycles. The summed E-state index contributed by atoms with van der Waals surface area (Å²) in [6.45, 7) is 5.27. The molecule has 0 atom stereocenters. The lowest BCUT2D eigenvalue weighted by atomic mass is 10.0. The monoisotopic (exact) mass is 317 g/mol. The molecule has 0 saturated heterocycles. The molecule has 2 aromatic carbocycles. The van der Waals surface area contributed by atoms with Crippen molar-refractivity contribution in [3.63, 3.8) is 0 Å². The highest BCUT2D eigenvalue weighted by Gasteiger charge is 2.28. The zero-order chi connectivity index (χ0) is 16.6. The topological polar surface area (TPSA) is 31.4 Å². The van der Waals surface area contributed by atoms with Gasteiger partial charge in [-0.15, -0.1) is 0 Å². The van der Waals surface area contributed by atoms with Gasteiger partial charge in [0.2, 0.25) is 0 Å². The van der Waals surface area contributed by atoms with Crippen LogP contribution in [0.15, 0.2) is 65.8 Å². The van der Waals surface area contributed by atoms with Crippen LogP contribution in [0.25, 0.3) is 10.9 Å². The summed E-state index contributed by atoms with van der Waals surface area (Å²) in [7, 11) is 0. The first kappa shape index (κ1) is 15.0. The number of benzene rings is 2. The second-order valence-corrected chi connectivity index (χ2v) is 7.12. The van der Waals surface area contributed by atoms with Crippen LogP contribution in [0.4, 0.5) is 5.69 Å². The molecule has 0 fully saturated rings. The van der Waals surface area contributed by atoms with Crippen molar-refractivity contribution in [2.75, 3.05) is 4.90 Å². The first-order valence-electron chi connectivity index (χ1n) is 8.59. The van der Waals surface area contributed by atoms with Gasteiger partial charge >= 0.3 is 0 Å². The Hall–Kier alpha value is -2.55. The molecule has 1 aliphatic rings. The molecule has 3 aromatic rings. The van der Waals surface area contributed by atoms with Crippen molar-refractivity contribution in [1.82, 2.24) is 4.98 Å². The van der Waals surface area contributed by atoms with Crippen molar-refractivity contribution in [3.05, 3.63) is 66.4 Å². The summed E-state index contributed by atoms with van der Waals surface area (Å²) in [5.74, 6) is 1.19. The maximum atomic E-state index is 4.99. The molecule has 0 unspecified atom stereocenters. The zero-order valence-corrected chi connectivity index (χ0v) is 14.3. The van der Waals surface area contributed by atoms with Crippen molar-refractivity contribution in [2.24, 2.45) is 4.99 Å². The van der Waals surface area contributed by atoms with Gasteiger partial charge in [-0.2, -0.15) is 0 Å². The van der Waals surface area contributed by atoms with Gasteiger partial charge in [0.25, 0.3) is 0 Å². The number of para-hydroxylation sites is 2. The maximum Gasteiger partial charge on any atom is 0.104 e. The Morgan fingerprint density at radius 2 is 1.79 bits per heavy atom. The van der Waals surface area contributed by atoms with Gasteiger partial charge in [-0.3, -0.25) is 4.99 Å². The highest BCUT2D eigenvalue weighted by atomic mass is 15.2. The van der Waals surface area contributed by atoms with E-state index < -0.39 is 0 Å². The number of aromatic amines is 1. The van der Waals surface area contributed by atoms with Gasteiger partial charge in [0, 0.05) is 29.2 Å². The predicted molar refractivity (Wildman–Crippen MR) is 102 cm³/mol. The molecule has 3 heteroatoms. The standard InChI is InChI=1S/C21H23N3/c1-21(2)13-12-20(23-21)24(17-8-4-3-5-9-17)15-16-14-22-19-11-7-6-10-18(16)19/h3-11,14,22H,12-13,15H2,1-2H3. The van der Waals surface area contributed by atoms with E-state index in [4.69, 9.17) is 4.99 Å². The van der Waals surface area contributed by atoms with Gasteiger partial charge in [0.1, 0.15) is 5.84 Å². The summed E-state index contributed by atoms with van der Waals surface area (Å²) < 4.78 is 0. The molecule has 1 N–H and O–H groups in total. The first-order chi connectivity index (χ1) is 11.6. The van der Waals surface area contributed by atoms with E-state index in [0.717, 1.165) is 19.4 Å². The number of anilines is 1. The summed E-state index contributed by atoms with van der Waals surface area (Å²) in [6, 6.07) is 19.1. The Balaban J connectivity index is 1.74. The third-order valence-electron chi connectivity index (χ3n) is 4.77. The van der Waals surface area contributed by atoms with Gasteiger partial charge in [0.15, 0.2) is 0 Å². The SMILES string of the molecule is CC1(C)CCC(N(Cc2c[nH]c3ccccc23)c2ccccc2)=N1. The number of fused-ring (bicyclic) bond motifs is 1. The normalized spacial score (nSPS) is 16.3. The Labute approximate surface area is 143 Å². The van der Waals surface area contributed by atoms with Crippen molar-refractivity contribution in [1.29, 1.82) is 0 Å². The predicted octanol–water partition coefficient (Wildman–Crippen LogP) is 5.15. The van der Waals surface area contributed by atoms with Gasteiger partial charge < -0.3 is 9.88 Å². The largest absolute Gasteiger partial charge is 0.361 e. The third kappa shape index (κ3) is 2.82. The van der Waals surface area contributed by atoms with Gasteiger partial charge in [-0.05, 0) is 44.0 Å². The van der Waals surface area contributed by atoms with Crippen molar-refractivity contribution >= 4 is 22.4 Å². The van der Waals surface area contributed by atoms with Crippen molar-refractivity contribution < 1.29 is 0 Å². The minimum absolute atomic E-state index is 0.0442. The minimum Gasteiger partial charge on any atom is -0.361 e. The molecule has 3 nitrogen and oxygen atoms in total. The van der Waals surface area contributed by atoms with Crippen LogP contribution in [0.1, 0.15) is 32.3 Å². The number of amidine groups is 1. The molecule has 122 valence electrons. The van der Waals surface area contributed by atoms with Crippen LogP contribution in [-0.4, -0.2) is 16.4 Å². The van der Waals surface area contributed by atoms with Gasteiger partial charge in [0.05, 0.1) is 12.1 Å². The van der Waals surface area contributed by atoms with E-state index in [9.17, 15) is 0 Å². The molecular formula is C21H23N3. The number of nitrogens with one attached hydrogen (secondary N) is 1. The molecule has 24 heavy (non-hydrogen) atoms. The molecule has 0 radical (unpaired) electrons. The van der Waals surface area contributed by atoms with Crippen LogP contribution >= 0.6 is 0 Å². The smallest absolute Gasteiger partial charge is 0.104 e. The number of aliphatic imine (C=N–C) groups is 1. The number of H-pyrrole nitrogens is 1. The zero-order valence-electron chi connectivity index (χ0n) is 14.3. The molecule has 4 rings (SSSR count). The van der Waals surface area contributed by atoms with E-state index in [1.807, 2.05) is 0 Å². The van der Waals surface area contributed by atoms with Crippen molar-refractivity contribution in [3.8, 4) is 0 Å². The number of nitrogens with zero attached hydrogens (tertiary/aromatic N) is 2. The average Bonchev–Trinajstić information content (AvgIpc) is 3.16. The summed E-state index contributed by atoms with van der Waals surface area (Å²) in [6.07, 6.45) is 4.27. The molecule has 0 spiro atoms. The summed E-state index contributed by atoms with van der Waals surface area (Å²) in [4.78, 5) is 10.7. The van der Waals surface area contributed by atoms with Gasteiger partial charge in [-0.1, -0.05) is 36.4 Å². The summed E-state index contributed by atoms with van der Waals surface area (Å²) in [5.41, 5.74) is 3.75. The van der Waals surface area contributed by atoms with Crippen LogP contribution in [0.2, 0.25) is 0 Å². The Kier molecular flexibility index (Phi) is 3.64. The highest BCUT2D eigenvalue weighted by molar-refractivity contribution is 5.99. The molecule has 0 amide bonds. The molecule has 2 heterocycles.